The molecule has 0 radical (unpaired) electrons. The van der Waals surface area contributed by atoms with E-state index < -0.39 is 0 Å². The van der Waals surface area contributed by atoms with Crippen molar-refractivity contribution in [1.29, 1.82) is 0 Å². The highest BCUT2D eigenvalue weighted by atomic mass is 32.1. The lowest BCUT2D eigenvalue weighted by Crippen LogP contribution is -2.23. The molecule has 0 saturated heterocycles. The number of hydrogen-bond acceptors (Lipinski definition) is 5. The van der Waals surface area contributed by atoms with Gasteiger partial charge in [0, 0.05) is 23.6 Å². The van der Waals surface area contributed by atoms with Crippen molar-refractivity contribution in [2.75, 3.05) is 6.54 Å². The number of nitrogens with zero attached hydrogens (tertiary/aromatic N) is 1. The summed E-state index contributed by atoms with van der Waals surface area (Å²) in [6.45, 7) is 3.02. The van der Waals surface area contributed by atoms with Crippen molar-refractivity contribution in [3.63, 3.8) is 0 Å². The van der Waals surface area contributed by atoms with Gasteiger partial charge in [0.15, 0.2) is 0 Å². The van der Waals surface area contributed by atoms with E-state index in [4.69, 9.17) is 4.74 Å². The van der Waals surface area contributed by atoms with Crippen LogP contribution in [0.15, 0.2) is 52.5 Å². The van der Waals surface area contributed by atoms with Crippen LogP contribution < -0.4 is 10.1 Å². The van der Waals surface area contributed by atoms with E-state index in [9.17, 15) is 4.79 Å². The van der Waals surface area contributed by atoms with Gasteiger partial charge in [0.25, 0.3) is 0 Å². The number of rotatable bonds is 8. The standard InChI is InChI=1S/C20H20N2O2S2/c1-15-22-18(14-26-15)12-24-19-5-3-2-4-17(19)6-7-20(23)21-10-8-16-9-11-25-13-16/h2-7,9,11,13-14H,8,10,12H2,1H3,(H,21,23)/b7-6+. The fraction of sp³-hybridized carbons (Fsp3) is 0.200. The van der Waals surface area contributed by atoms with Gasteiger partial charge in [0.05, 0.1) is 10.7 Å². The topological polar surface area (TPSA) is 51.2 Å². The number of amides is 1. The van der Waals surface area contributed by atoms with Crippen LogP contribution >= 0.6 is 22.7 Å². The molecule has 0 fully saturated rings. The number of aryl methyl sites for hydroxylation is 1. The zero-order valence-corrected chi connectivity index (χ0v) is 16.1. The molecule has 1 N–H and O–H groups in total. The average molecular weight is 385 g/mol. The van der Waals surface area contributed by atoms with Crippen molar-refractivity contribution in [3.05, 3.63) is 74.4 Å². The van der Waals surface area contributed by atoms with Crippen LogP contribution in [0.1, 0.15) is 21.8 Å². The first-order chi connectivity index (χ1) is 12.7. The summed E-state index contributed by atoms with van der Waals surface area (Å²) in [5.41, 5.74) is 3.03. The third-order valence-electron chi connectivity index (χ3n) is 3.67. The Morgan fingerprint density at radius 1 is 1.27 bits per heavy atom. The molecule has 0 aliphatic carbocycles. The van der Waals surface area contributed by atoms with Crippen molar-refractivity contribution >= 4 is 34.7 Å². The number of benzene rings is 1. The third kappa shape index (κ3) is 5.54. The molecule has 0 spiro atoms. The summed E-state index contributed by atoms with van der Waals surface area (Å²) >= 11 is 3.27. The molecule has 0 bridgehead atoms. The Bertz CT molecular complexity index is 870. The molecule has 3 aromatic rings. The molecule has 0 unspecified atom stereocenters. The molecule has 1 amide bonds. The maximum atomic E-state index is 12.0. The largest absolute Gasteiger partial charge is 0.487 e. The second-order valence-corrected chi connectivity index (χ2v) is 7.53. The van der Waals surface area contributed by atoms with Crippen molar-refractivity contribution in [1.82, 2.24) is 10.3 Å². The fourth-order valence-electron chi connectivity index (χ4n) is 2.37. The monoisotopic (exact) mass is 384 g/mol. The van der Waals surface area contributed by atoms with Crippen LogP contribution in [-0.2, 0) is 17.8 Å². The zero-order valence-electron chi connectivity index (χ0n) is 14.5. The predicted octanol–water partition coefficient (Wildman–Crippen LogP) is 4.46. The van der Waals surface area contributed by atoms with Gasteiger partial charge in [-0.05, 0) is 47.9 Å². The van der Waals surface area contributed by atoms with Crippen molar-refractivity contribution in [2.24, 2.45) is 0 Å². The number of para-hydroxylation sites is 1. The maximum Gasteiger partial charge on any atom is 0.244 e. The third-order valence-corrected chi connectivity index (χ3v) is 5.22. The molecule has 4 nitrogen and oxygen atoms in total. The summed E-state index contributed by atoms with van der Waals surface area (Å²) in [6, 6.07) is 9.74. The van der Waals surface area contributed by atoms with E-state index in [2.05, 4.69) is 21.7 Å². The highest BCUT2D eigenvalue weighted by molar-refractivity contribution is 7.09. The van der Waals surface area contributed by atoms with Crippen LogP contribution in [0.3, 0.4) is 0 Å². The van der Waals surface area contributed by atoms with Crippen LogP contribution in [0.25, 0.3) is 6.08 Å². The summed E-state index contributed by atoms with van der Waals surface area (Å²) in [5.74, 6) is 0.630. The highest BCUT2D eigenvalue weighted by Crippen LogP contribution is 2.21. The van der Waals surface area contributed by atoms with Gasteiger partial charge in [0.1, 0.15) is 12.4 Å². The lowest BCUT2D eigenvalue weighted by molar-refractivity contribution is -0.116. The van der Waals surface area contributed by atoms with E-state index in [1.807, 2.05) is 41.9 Å². The fourth-order valence-corrected chi connectivity index (χ4v) is 3.67. The predicted molar refractivity (Wildman–Crippen MR) is 108 cm³/mol. The van der Waals surface area contributed by atoms with Crippen molar-refractivity contribution in [3.8, 4) is 5.75 Å². The Labute approximate surface area is 161 Å². The molecular weight excluding hydrogens is 364 g/mol. The molecule has 0 atom stereocenters. The summed E-state index contributed by atoms with van der Waals surface area (Å²) in [5, 5.41) is 10.1. The van der Waals surface area contributed by atoms with Crippen LogP contribution in [0, 0.1) is 6.92 Å². The number of hydrogen-bond donors (Lipinski definition) is 1. The van der Waals surface area contributed by atoms with Crippen LogP contribution in [0.2, 0.25) is 0 Å². The van der Waals surface area contributed by atoms with E-state index in [1.165, 1.54) is 5.56 Å². The molecule has 0 aliphatic rings. The van der Waals surface area contributed by atoms with Gasteiger partial charge in [-0.3, -0.25) is 4.79 Å². The van der Waals surface area contributed by atoms with Crippen molar-refractivity contribution in [2.45, 2.75) is 20.0 Å². The lowest BCUT2D eigenvalue weighted by Gasteiger charge is -2.07. The number of ether oxygens (including phenoxy) is 1. The van der Waals surface area contributed by atoms with E-state index >= 15 is 0 Å². The van der Waals surface area contributed by atoms with Crippen LogP contribution in [0.4, 0.5) is 0 Å². The number of nitrogens with one attached hydrogen (secondary N) is 1. The Kier molecular flexibility index (Phi) is 6.57. The number of carbonyl (C=O) groups is 1. The van der Waals surface area contributed by atoms with Gasteiger partial charge in [-0.15, -0.1) is 11.3 Å². The van der Waals surface area contributed by atoms with Crippen molar-refractivity contribution < 1.29 is 9.53 Å². The SMILES string of the molecule is Cc1nc(COc2ccccc2/C=C/C(=O)NCCc2ccsc2)cs1. The van der Waals surface area contributed by atoms with E-state index in [-0.39, 0.29) is 5.91 Å². The molecule has 0 aliphatic heterocycles. The lowest BCUT2D eigenvalue weighted by atomic mass is 10.2. The maximum absolute atomic E-state index is 12.0. The van der Waals surface area contributed by atoms with Crippen LogP contribution in [-0.4, -0.2) is 17.4 Å². The molecule has 26 heavy (non-hydrogen) atoms. The highest BCUT2D eigenvalue weighted by Gasteiger charge is 2.04. The van der Waals surface area contributed by atoms with Gasteiger partial charge in [-0.25, -0.2) is 4.98 Å². The average Bonchev–Trinajstić information content (AvgIpc) is 3.30. The van der Waals surface area contributed by atoms with Gasteiger partial charge in [-0.2, -0.15) is 11.3 Å². The molecular formula is C20H20N2O2S2. The molecule has 6 heteroatoms. The van der Waals surface area contributed by atoms with E-state index in [0.29, 0.717) is 13.2 Å². The minimum absolute atomic E-state index is 0.106. The minimum atomic E-state index is -0.106. The normalized spacial score (nSPS) is 11.0. The molecule has 2 aromatic heterocycles. The first-order valence-corrected chi connectivity index (χ1v) is 10.1. The summed E-state index contributed by atoms with van der Waals surface area (Å²) in [7, 11) is 0. The van der Waals surface area contributed by atoms with Gasteiger partial charge < -0.3 is 10.1 Å². The quantitative estimate of drug-likeness (QED) is 0.583. The number of thiazole rings is 1. The first-order valence-electron chi connectivity index (χ1n) is 8.30. The smallest absolute Gasteiger partial charge is 0.244 e. The molecule has 2 heterocycles. The Hall–Kier alpha value is -2.44. The van der Waals surface area contributed by atoms with Crippen LogP contribution in [0.5, 0.6) is 5.75 Å². The molecule has 134 valence electrons. The minimum Gasteiger partial charge on any atom is -0.487 e. The number of carbonyl (C=O) groups excluding carboxylic acids is 1. The second-order valence-electron chi connectivity index (χ2n) is 5.69. The van der Waals surface area contributed by atoms with E-state index in [0.717, 1.165) is 28.4 Å². The molecule has 0 saturated carbocycles. The Morgan fingerprint density at radius 3 is 2.92 bits per heavy atom. The first kappa shape index (κ1) is 18.4. The Balaban J connectivity index is 1.53. The summed E-state index contributed by atoms with van der Waals surface area (Å²) in [6.07, 6.45) is 4.17. The van der Waals surface area contributed by atoms with Gasteiger partial charge >= 0.3 is 0 Å². The van der Waals surface area contributed by atoms with Gasteiger partial charge in [-0.1, -0.05) is 18.2 Å². The Morgan fingerprint density at radius 2 is 2.15 bits per heavy atom. The van der Waals surface area contributed by atoms with E-state index in [1.54, 1.807) is 34.8 Å². The zero-order chi connectivity index (χ0) is 18.2. The molecule has 1 aromatic carbocycles. The molecule has 3 rings (SSSR count). The summed E-state index contributed by atoms with van der Waals surface area (Å²) < 4.78 is 5.86. The number of thiophene rings is 1. The van der Waals surface area contributed by atoms with Gasteiger partial charge in [0.2, 0.25) is 5.91 Å². The second kappa shape index (κ2) is 9.31. The summed E-state index contributed by atoms with van der Waals surface area (Å²) in [4.78, 5) is 16.4. The number of aromatic nitrogens is 1.